The topological polar surface area (TPSA) is 38.3 Å². The van der Waals surface area contributed by atoms with Crippen molar-refractivity contribution in [2.24, 2.45) is 5.41 Å². The van der Waals surface area contributed by atoms with E-state index in [1.165, 1.54) is 5.39 Å². The number of ether oxygens (including phenoxy) is 1. The van der Waals surface area contributed by atoms with Gasteiger partial charge in [0.2, 0.25) is 5.91 Å². The predicted molar refractivity (Wildman–Crippen MR) is 91.5 cm³/mol. The van der Waals surface area contributed by atoms with Crippen LogP contribution < -0.4 is 10.1 Å². The highest BCUT2D eigenvalue weighted by Gasteiger charge is 2.26. The van der Waals surface area contributed by atoms with Crippen LogP contribution >= 0.6 is 11.6 Å². The van der Waals surface area contributed by atoms with E-state index >= 15 is 0 Å². The van der Waals surface area contributed by atoms with E-state index in [4.69, 9.17) is 16.3 Å². The van der Waals surface area contributed by atoms with Crippen LogP contribution in [-0.2, 0) is 4.79 Å². The number of nitrogens with one attached hydrogen (secondary N) is 1. The fourth-order valence-electron chi connectivity index (χ4n) is 2.05. The van der Waals surface area contributed by atoms with Gasteiger partial charge in [0.1, 0.15) is 11.9 Å². The molecule has 2 aromatic rings. The molecule has 0 heterocycles. The third-order valence-electron chi connectivity index (χ3n) is 3.56. The number of hydrogen-bond donors (Lipinski definition) is 1. The molecule has 0 fully saturated rings. The molecule has 22 heavy (non-hydrogen) atoms. The number of carbonyl (C=O) groups excluding carboxylic acids is 1. The lowest BCUT2D eigenvalue weighted by molar-refractivity contribution is -0.128. The first-order chi connectivity index (χ1) is 10.4. The number of alkyl halides is 1. The Morgan fingerprint density at radius 3 is 2.59 bits per heavy atom. The van der Waals surface area contributed by atoms with Gasteiger partial charge in [-0.15, -0.1) is 11.6 Å². The smallest absolute Gasteiger partial charge is 0.226 e. The number of fused-ring (bicyclic) bond motifs is 1. The highest BCUT2D eigenvalue weighted by Crippen LogP contribution is 2.21. The van der Waals surface area contributed by atoms with Crippen LogP contribution in [0.3, 0.4) is 0 Å². The molecule has 1 amide bonds. The van der Waals surface area contributed by atoms with E-state index in [1.54, 1.807) is 0 Å². The van der Waals surface area contributed by atoms with Gasteiger partial charge in [-0.1, -0.05) is 30.3 Å². The summed E-state index contributed by atoms with van der Waals surface area (Å²) in [7, 11) is 0. The second kappa shape index (κ2) is 7.01. The number of amides is 1. The summed E-state index contributed by atoms with van der Waals surface area (Å²) in [6, 6.07) is 14.1. The van der Waals surface area contributed by atoms with Crippen molar-refractivity contribution in [3.8, 4) is 5.75 Å². The lowest BCUT2D eigenvalue weighted by Gasteiger charge is -2.22. The van der Waals surface area contributed by atoms with Crippen LogP contribution in [0.15, 0.2) is 42.5 Å². The lowest BCUT2D eigenvalue weighted by Crippen LogP contribution is -2.42. The molecule has 0 aromatic heterocycles. The van der Waals surface area contributed by atoms with Gasteiger partial charge in [-0.2, -0.15) is 0 Å². The van der Waals surface area contributed by atoms with Gasteiger partial charge in [-0.05, 0) is 43.7 Å². The van der Waals surface area contributed by atoms with Crippen molar-refractivity contribution in [1.29, 1.82) is 0 Å². The van der Waals surface area contributed by atoms with Crippen molar-refractivity contribution in [2.75, 3.05) is 12.4 Å². The average molecular weight is 320 g/mol. The molecule has 1 unspecified atom stereocenters. The Bertz CT molecular complexity index is 654. The van der Waals surface area contributed by atoms with Gasteiger partial charge in [0.15, 0.2) is 0 Å². The normalized spacial score (nSPS) is 12.9. The summed E-state index contributed by atoms with van der Waals surface area (Å²) in [5.74, 6) is 1.03. The van der Waals surface area contributed by atoms with E-state index in [0.29, 0.717) is 12.4 Å². The average Bonchev–Trinajstić information content (AvgIpc) is 2.52. The van der Waals surface area contributed by atoms with E-state index in [1.807, 2.05) is 51.1 Å². The molecule has 0 saturated heterocycles. The SMILES string of the molecule is CC(CNC(=O)C(C)(C)CCl)Oc1ccc2ccccc2c1. The van der Waals surface area contributed by atoms with Gasteiger partial charge in [-0.25, -0.2) is 0 Å². The van der Waals surface area contributed by atoms with Crippen LogP contribution in [0, 0.1) is 5.41 Å². The molecule has 0 radical (unpaired) electrons. The Morgan fingerprint density at radius 1 is 1.23 bits per heavy atom. The molecule has 118 valence electrons. The third kappa shape index (κ3) is 4.14. The summed E-state index contributed by atoms with van der Waals surface area (Å²) in [6.07, 6.45) is -0.115. The number of benzene rings is 2. The molecular weight excluding hydrogens is 298 g/mol. The van der Waals surface area contributed by atoms with E-state index in [0.717, 1.165) is 11.1 Å². The van der Waals surface area contributed by atoms with Crippen molar-refractivity contribution in [2.45, 2.75) is 26.9 Å². The molecule has 0 saturated carbocycles. The van der Waals surface area contributed by atoms with Crippen molar-refractivity contribution in [3.63, 3.8) is 0 Å². The van der Waals surface area contributed by atoms with Crippen LogP contribution in [0.1, 0.15) is 20.8 Å². The Labute approximate surface area is 136 Å². The highest BCUT2D eigenvalue weighted by molar-refractivity contribution is 6.19. The highest BCUT2D eigenvalue weighted by atomic mass is 35.5. The van der Waals surface area contributed by atoms with Crippen LogP contribution in [0.25, 0.3) is 10.8 Å². The first-order valence-electron chi connectivity index (χ1n) is 7.42. The molecule has 0 bridgehead atoms. The molecule has 1 atom stereocenters. The van der Waals surface area contributed by atoms with Gasteiger partial charge >= 0.3 is 0 Å². The van der Waals surface area contributed by atoms with Gasteiger partial charge in [0.05, 0.1) is 12.0 Å². The van der Waals surface area contributed by atoms with Crippen molar-refractivity contribution in [3.05, 3.63) is 42.5 Å². The monoisotopic (exact) mass is 319 g/mol. The fourth-order valence-corrected chi connectivity index (χ4v) is 2.17. The van der Waals surface area contributed by atoms with E-state index in [2.05, 4.69) is 17.4 Å². The quantitative estimate of drug-likeness (QED) is 0.818. The summed E-state index contributed by atoms with van der Waals surface area (Å²) < 4.78 is 5.87. The molecule has 4 heteroatoms. The largest absolute Gasteiger partial charge is 0.489 e. The van der Waals surface area contributed by atoms with E-state index in [9.17, 15) is 4.79 Å². The van der Waals surface area contributed by atoms with Gasteiger partial charge in [-0.3, -0.25) is 4.79 Å². The van der Waals surface area contributed by atoms with Gasteiger partial charge < -0.3 is 10.1 Å². The second-order valence-electron chi connectivity index (χ2n) is 6.16. The number of hydrogen-bond acceptors (Lipinski definition) is 2. The molecule has 2 rings (SSSR count). The summed E-state index contributed by atoms with van der Waals surface area (Å²) in [5.41, 5.74) is -0.565. The molecule has 0 aliphatic heterocycles. The third-order valence-corrected chi connectivity index (χ3v) is 4.23. The van der Waals surface area contributed by atoms with Crippen molar-refractivity contribution in [1.82, 2.24) is 5.32 Å². The first-order valence-corrected chi connectivity index (χ1v) is 7.95. The number of halogens is 1. The minimum absolute atomic E-state index is 0.0588. The summed E-state index contributed by atoms with van der Waals surface area (Å²) in [6.45, 7) is 6.03. The summed E-state index contributed by atoms with van der Waals surface area (Å²) in [4.78, 5) is 12.0. The maximum absolute atomic E-state index is 12.0. The Kier molecular flexibility index (Phi) is 5.30. The zero-order valence-electron chi connectivity index (χ0n) is 13.2. The van der Waals surface area contributed by atoms with E-state index in [-0.39, 0.29) is 12.0 Å². The summed E-state index contributed by atoms with van der Waals surface area (Å²) in [5, 5.41) is 5.20. The maximum Gasteiger partial charge on any atom is 0.226 e. The van der Waals surface area contributed by atoms with Crippen LogP contribution in [0.2, 0.25) is 0 Å². The summed E-state index contributed by atoms with van der Waals surface area (Å²) >= 11 is 5.80. The number of rotatable bonds is 6. The fraction of sp³-hybridized carbons (Fsp3) is 0.389. The van der Waals surface area contributed by atoms with E-state index < -0.39 is 5.41 Å². The Morgan fingerprint density at radius 2 is 1.91 bits per heavy atom. The molecule has 0 spiro atoms. The zero-order valence-corrected chi connectivity index (χ0v) is 14.0. The molecule has 3 nitrogen and oxygen atoms in total. The lowest BCUT2D eigenvalue weighted by atomic mass is 9.95. The van der Waals surface area contributed by atoms with Gasteiger partial charge in [0, 0.05) is 5.88 Å². The maximum atomic E-state index is 12.0. The molecule has 1 N–H and O–H groups in total. The van der Waals surface area contributed by atoms with Crippen molar-refractivity contribution < 1.29 is 9.53 Å². The standard InChI is InChI=1S/C18H22ClNO2/c1-13(11-20-17(21)18(2,3)12-19)22-16-9-8-14-6-4-5-7-15(14)10-16/h4-10,13H,11-12H2,1-3H3,(H,20,21). The minimum Gasteiger partial charge on any atom is -0.489 e. The van der Waals surface area contributed by atoms with Crippen LogP contribution in [-0.4, -0.2) is 24.4 Å². The molecule has 0 aliphatic carbocycles. The molecular formula is C18H22ClNO2. The first kappa shape index (κ1) is 16.6. The zero-order chi connectivity index (χ0) is 16.2. The minimum atomic E-state index is -0.565. The molecule has 2 aromatic carbocycles. The number of carbonyl (C=O) groups is 1. The Balaban J connectivity index is 1.93. The van der Waals surface area contributed by atoms with Crippen molar-refractivity contribution >= 4 is 28.3 Å². The van der Waals surface area contributed by atoms with Crippen LogP contribution in [0.4, 0.5) is 0 Å². The second-order valence-corrected chi connectivity index (χ2v) is 6.43. The predicted octanol–water partition coefficient (Wildman–Crippen LogP) is 3.99. The van der Waals surface area contributed by atoms with Crippen LogP contribution in [0.5, 0.6) is 5.75 Å². The molecule has 0 aliphatic rings. The Hall–Kier alpha value is -1.74. The van der Waals surface area contributed by atoms with Gasteiger partial charge in [0.25, 0.3) is 0 Å².